The summed E-state index contributed by atoms with van der Waals surface area (Å²) in [6.45, 7) is 6.68. The van der Waals surface area contributed by atoms with Gasteiger partial charge in [0, 0.05) is 14.1 Å². The van der Waals surface area contributed by atoms with Gasteiger partial charge in [-0.15, -0.1) is 0 Å². The van der Waals surface area contributed by atoms with E-state index in [4.69, 9.17) is 0 Å². The van der Waals surface area contributed by atoms with Crippen molar-refractivity contribution in [2.24, 2.45) is 0 Å². The Morgan fingerprint density at radius 1 is 1.11 bits per heavy atom. The number of rotatable bonds is 4. The first-order chi connectivity index (χ1) is 8.54. The second-order valence-electron chi connectivity index (χ2n) is 5.70. The third kappa shape index (κ3) is 3.64. The number of aliphatic hydroxyl groups is 1. The number of hydrogen-bond acceptors (Lipinski definition) is 3. The molecule has 0 aliphatic heterocycles. The zero-order chi connectivity index (χ0) is 15.0. The monoisotopic (exact) mass is 272 g/mol. The molecule has 5 heteroatoms. The fraction of sp³-hybridized carbons (Fsp3) is 0.571. The van der Waals surface area contributed by atoms with E-state index in [-0.39, 0.29) is 17.8 Å². The van der Waals surface area contributed by atoms with Gasteiger partial charge in [-0.1, -0.05) is 6.07 Å². The fourth-order valence-electron chi connectivity index (χ4n) is 2.01. The molecular weight excluding hydrogens is 250 g/mol. The number of hydrazine groups is 1. The van der Waals surface area contributed by atoms with Crippen LogP contribution in [0.25, 0.3) is 0 Å². The van der Waals surface area contributed by atoms with Crippen molar-refractivity contribution in [2.75, 3.05) is 25.6 Å². The highest BCUT2D eigenvalue weighted by molar-refractivity contribution is 5.55. The van der Waals surface area contributed by atoms with Crippen molar-refractivity contribution in [3.05, 3.63) is 28.8 Å². The minimum atomic E-state index is -1.02. The average molecular weight is 272 g/mol. The van der Waals surface area contributed by atoms with E-state index in [1.54, 1.807) is 45.9 Å². The summed E-state index contributed by atoms with van der Waals surface area (Å²) in [5.41, 5.74) is 0.0510. The standard InChI is InChI=1S/C14H22F2N2O/c1-9-7-10(2)13(12(16)11(9)15)18(17(5)6)8-14(3,4)19/h7,19H,8H2,1-6H3. The van der Waals surface area contributed by atoms with E-state index < -0.39 is 17.2 Å². The van der Waals surface area contributed by atoms with Crippen LogP contribution in [0.5, 0.6) is 0 Å². The molecule has 0 saturated heterocycles. The molecule has 19 heavy (non-hydrogen) atoms. The van der Waals surface area contributed by atoms with Gasteiger partial charge >= 0.3 is 0 Å². The van der Waals surface area contributed by atoms with Crippen molar-refractivity contribution in [3.8, 4) is 0 Å². The van der Waals surface area contributed by atoms with E-state index >= 15 is 0 Å². The topological polar surface area (TPSA) is 26.7 Å². The van der Waals surface area contributed by atoms with Crippen LogP contribution in [0.1, 0.15) is 25.0 Å². The maximum Gasteiger partial charge on any atom is 0.183 e. The average Bonchev–Trinajstić information content (AvgIpc) is 2.23. The highest BCUT2D eigenvalue weighted by Crippen LogP contribution is 2.29. The van der Waals surface area contributed by atoms with E-state index in [1.807, 2.05) is 0 Å². The Morgan fingerprint density at radius 3 is 2.05 bits per heavy atom. The summed E-state index contributed by atoms with van der Waals surface area (Å²) in [5.74, 6) is -1.72. The van der Waals surface area contributed by atoms with Crippen molar-refractivity contribution in [3.63, 3.8) is 0 Å². The van der Waals surface area contributed by atoms with Crippen molar-refractivity contribution < 1.29 is 13.9 Å². The van der Waals surface area contributed by atoms with Crippen LogP contribution in [0.4, 0.5) is 14.5 Å². The van der Waals surface area contributed by atoms with Gasteiger partial charge in [0.25, 0.3) is 0 Å². The molecule has 1 rings (SSSR count). The quantitative estimate of drug-likeness (QED) is 0.854. The number of hydrogen-bond donors (Lipinski definition) is 1. The first kappa shape index (κ1) is 15.9. The molecule has 0 heterocycles. The summed E-state index contributed by atoms with van der Waals surface area (Å²) in [5, 5.41) is 13.1. The lowest BCUT2D eigenvalue weighted by Gasteiger charge is -2.36. The van der Waals surface area contributed by atoms with Crippen LogP contribution in [-0.4, -0.2) is 36.4 Å². The van der Waals surface area contributed by atoms with E-state index in [0.29, 0.717) is 5.56 Å². The Labute approximate surface area is 113 Å². The van der Waals surface area contributed by atoms with Crippen LogP contribution in [0, 0.1) is 25.5 Å². The van der Waals surface area contributed by atoms with E-state index in [0.717, 1.165) is 0 Å². The van der Waals surface area contributed by atoms with Gasteiger partial charge in [-0.25, -0.2) is 13.8 Å². The van der Waals surface area contributed by atoms with E-state index in [9.17, 15) is 13.9 Å². The number of anilines is 1. The molecule has 0 radical (unpaired) electrons. The van der Waals surface area contributed by atoms with Crippen molar-refractivity contribution in [2.45, 2.75) is 33.3 Å². The van der Waals surface area contributed by atoms with Gasteiger partial charge in [0.05, 0.1) is 17.8 Å². The molecule has 1 aromatic carbocycles. The second kappa shape index (κ2) is 5.43. The van der Waals surface area contributed by atoms with Crippen LogP contribution in [0.3, 0.4) is 0 Å². The van der Waals surface area contributed by atoms with Gasteiger partial charge in [-0.2, -0.15) is 0 Å². The van der Waals surface area contributed by atoms with Gasteiger partial charge < -0.3 is 10.1 Å². The zero-order valence-electron chi connectivity index (χ0n) is 12.4. The second-order valence-corrected chi connectivity index (χ2v) is 5.70. The minimum absolute atomic E-state index is 0.162. The Kier molecular flexibility index (Phi) is 4.53. The molecule has 1 aromatic rings. The Bertz CT molecular complexity index is 467. The number of halogens is 2. The predicted molar refractivity (Wildman–Crippen MR) is 73.2 cm³/mol. The molecule has 0 aliphatic carbocycles. The number of benzene rings is 1. The van der Waals surface area contributed by atoms with Crippen molar-refractivity contribution in [1.29, 1.82) is 0 Å². The lowest BCUT2D eigenvalue weighted by molar-refractivity contribution is 0.0751. The Hall–Kier alpha value is -1.20. The molecule has 0 unspecified atom stereocenters. The molecular formula is C14H22F2N2O. The zero-order valence-corrected chi connectivity index (χ0v) is 12.4. The van der Waals surface area contributed by atoms with Crippen molar-refractivity contribution in [1.82, 2.24) is 5.01 Å². The summed E-state index contributed by atoms with van der Waals surface area (Å²) in [6.07, 6.45) is 0. The van der Waals surface area contributed by atoms with Gasteiger partial charge in [-0.3, -0.25) is 0 Å². The van der Waals surface area contributed by atoms with Crippen LogP contribution in [0.15, 0.2) is 6.07 Å². The lowest BCUT2D eigenvalue weighted by atomic mass is 10.1. The predicted octanol–water partition coefficient (Wildman–Crippen LogP) is 2.64. The summed E-state index contributed by atoms with van der Waals surface area (Å²) in [4.78, 5) is 0. The number of nitrogens with zero attached hydrogens (tertiary/aromatic N) is 2. The molecule has 0 fully saturated rings. The summed E-state index contributed by atoms with van der Waals surface area (Å²) < 4.78 is 27.9. The van der Waals surface area contributed by atoms with Gasteiger partial charge in [0.2, 0.25) is 0 Å². The van der Waals surface area contributed by atoms with E-state index in [2.05, 4.69) is 0 Å². The summed E-state index contributed by atoms with van der Waals surface area (Å²) in [7, 11) is 3.45. The molecule has 1 N–H and O–H groups in total. The largest absolute Gasteiger partial charge is 0.389 e. The number of aryl methyl sites for hydroxylation is 2. The molecule has 108 valence electrons. The van der Waals surface area contributed by atoms with Crippen molar-refractivity contribution >= 4 is 5.69 Å². The summed E-state index contributed by atoms with van der Waals surface area (Å²) >= 11 is 0. The molecule has 0 aliphatic rings. The Morgan fingerprint density at radius 2 is 1.63 bits per heavy atom. The molecule has 0 bridgehead atoms. The first-order valence-corrected chi connectivity index (χ1v) is 6.17. The van der Waals surface area contributed by atoms with Gasteiger partial charge in [0.15, 0.2) is 11.6 Å². The normalized spacial score (nSPS) is 12.1. The molecule has 0 aromatic heterocycles. The molecule has 0 amide bonds. The minimum Gasteiger partial charge on any atom is -0.389 e. The third-order valence-electron chi connectivity index (χ3n) is 2.83. The smallest absolute Gasteiger partial charge is 0.183 e. The fourth-order valence-corrected chi connectivity index (χ4v) is 2.01. The molecule has 0 atom stereocenters. The van der Waals surface area contributed by atoms with Crippen LogP contribution in [-0.2, 0) is 0 Å². The van der Waals surface area contributed by atoms with E-state index in [1.165, 1.54) is 11.9 Å². The molecule has 0 saturated carbocycles. The molecule has 0 spiro atoms. The van der Waals surface area contributed by atoms with Gasteiger partial charge in [-0.05, 0) is 38.8 Å². The highest BCUT2D eigenvalue weighted by atomic mass is 19.2. The maximum atomic E-state index is 14.2. The lowest BCUT2D eigenvalue weighted by Crippen LogP contribution is -2.47. The third-order valence-corrected chi connectivity index (χ3v) is 2.83. The maximum absolute atomic E-state index is 14.2. The molecule has 3 nitrogen and oxygen atoms in total. The van der Waals surface area contributed by atoms with Gasteiger partial charge in [0.1, 0.15) is 0 Å². The highest BCUT2D eigenvalue weighted by Gasteiger charge is 2.26. The van der Waals surface area contributed by atoms with Crippen LogP contribution >= 0.6 is 0 Å². The van der Waals surface area contributed by atoms with Crippen LogP contribution < -0.4 is 5.01 Å². The SMILES string of the molecule is Cc1cc(C)c(N(CC(C)(C)O)N(C)C)c(F)c1F. The van der Waals surface area contributed by atoms with Crippen LogP contribution in [0.2, 0.25) is 0 Å². The first-order valence-electron chi connectivity index (χ1n) is 6.17. The summed E-state index contributed by atoms with van der Waals surface area (Å²) in [6, 6.07) is 1.61. The Balaban J connectivity index is 3.35.